The lowest BCUT2D eigenvalue weighted by molar-refractivity contribution is -0.125. The molecule has 1 aromatic carbocycles. The van der Waals surface area contributed by atoms with Crippen LogP contribution in [0.4, 0.5) is 0 Å². The topological polar surface area (TPSA) is 114 Å². The second kappa shape index (κ2) is 9.32. The van der Waals surface area contributed by atoms with E-state index in [1.165, 1.54) is 0 Å². The molecule has 1 unspecified atom stereocenters. The third kappa shape index (κ3) is 7.07. The van der Waals surface area contributed by atoms with Crippen molar-refractivity contribution < 1.29 is 19.4 Å². The summed E-state index contributed by atoms with van der Waals surface area (Å²) >= 11 is 3.32. The summed E-state index contributed by atoms with van der Waals surface area (Å²) < 4.78 is 6.20. The Balaban J connectivity index is 2.22. The number of nitrogens with one attached hydrogen (secondary N) is 2. The van der Waals surface area contributed by atoms with Crippen molar-refractivity contribution in [2.24, 2.45) is 5.73 Å². The number of benzene rings is 1. The second-order valence-electron chi connectivity index (χ2n) is 4.18. The van der Waals surface area contributed by atoms with Gasteiger partial charge in [-0.15, -0.1) is 0 Å². The van der Waals surface area contributed by atoms with Crippen LogP contribution >= 0.6 is 15.9 Å². The fourth-order valence-corrected chi connectivity index (χ4v) is 1.75. The number of aliphatic hydroxyl groups excluding tert-OH is 1. The molecule has 0 heterocycles. The minimum Gasteiger partial charge on any atom is -0.490 e. The lowest BCUT2D eigenvalue weighted by atomic mass is 10.3. The van der Waals surface area contributed by atoms with Crippen molar-refractivity contribution in [1.82, 2.24) is 10.6 Å². The van der Waals surface area contributed by atoms with E-state index in [1.54, 1.807) is 6.07 Å². The Labute approximate surface area is 131 Å². The number of rotatable bonds is 8. The minimum absolute atomic E-state index is 0.0295. The lowest BCUT2D eigenvalue weighted by Gasteiger charge is -2.14. The van der Waals surface area contributed by atoms with Crippen LogP contribution in [0.3, 0.4) is 0 Å². The summed E-state index contributed by atoms with van der Waals surface area (Å²) in [5.41, 5.74) is 5.08. The highest BCUT2D eigenvalue weighted by atomic mass is 79.9. The van der Waals surface area contributed by atoms with E-state index in [0.717, 1.165) is 4.47 Å². The molecular weight excluding hydrogens is 342 g/mol. The standard InChI is InChI=1S/C13H18BrN3O4/c14-10-3-1-2-4-11(10)21-8-9(18)6-16-13(20)7-17-12(19)5-15/h1-4,9,18H,5-8,15H2,(H,16,20)(H,17,19). The van der Waals surface area contributed by atoms with Gasteiger partial charge in [0.15, 0.2) is 0 Å². The van der Waals surface area contributed by atoms with Gasteiger partial charge in [-0.05, 0) is 28.1 Å². The Bertz CT molecular complexity index is 484. The van der Waals surface area contributed by atoms with E-state index in [9.17, 15) is 14.7 Å². The molecule has 0 aromatic heterocycles. The molecule has 0 spiro atoms. The molecule has 0 saturated carbocycles. The first-order valence-corrected chi connectivity index (χ1v) is 7.11. The Hall–Kier alpha value is -1.64. The zero-order valence-corrected chi connectivity index (χ0v) is 12.9. The SMILES string of the molecule is NCC(=O)NCC(=O)NCC(O)COc1ccccc1Br. The van der Waals surface area contributed by atoms with Gasteiger partial charge < -0.3 is 26.2 Å². The van der Waals surface area contributed by atoms with Crippen LogP contribution in [0.15, 0.2) is 28.7 Å². The van der Waals surface area contributed by atoms with Crippen LogP contribution < -0.4 is 21.1 Å². The van der Waals surface area contributed by atoms with E-state index in [-0.39, 0.29) is 26.2 Å². The van der Waals surface area contributed by atoms with Crippen molar-refractivity contribution in [3.8, 4) is 5.75 Å². The van der Waals surface area contributed by atoms with Crippen LogP contribution in [-0.2, 0) is 9.59 Å². The molecule has 0 aliphatic carbocycles. The van der Waals surface area contributed by atoms with Crippen molar-refractivity contribution in [3.63, 3.8) is 0 Å². The van der Waals surface area contributed by atoms with Gasteiger partial charge in [-0.3, -0.25) is 9.59 Å². The number of aliphatic hydroxyl groups is 1. The predicted molar refractivity (Wildman–Crippen MR) is 80.7 cm³/mol. The van der Waals surface area contributed by atoms with Crippen molar-refractivity contribution in [3.05, 3.63) is 28.7 Å². The van der Waals surface area contributed by atoms with Gasteiger partial charge in [-0.25, -0.2) is 0 Å². The molecule has 1 aromatic rings. The number of hydrogen-bond donors (Lipinski definition) is 4. The van der Waals surface area contributed by atoms with Crippen molar-refractivity contribution in [2.45, 2.75) is 6.10 Å². The van der Waals surface area contributed by atoms with Crippen molar-refractivity contribution in [1.29, 1.82) is 0 Å². The summed E-state index contributed by atoms with van der Waals surface area (Å²) in [5, 5.41) is 14.5. The molecule has 2 amide bonds. The average Bonchev–Trinajstić information content (AvgIpc) is 2.49. The first-order chi connectivity index (χ1) is 10.0. The molecule has 1 rings (SSSR count). The molecule has 0 bridgehead atoms. The lowest BCUT2D eigenvalue weighted by Crippen LogP contribution is -2.42. The van der Waals surface area contributed by atoms with Crippen LogP contribution in [-0.4, -0.2) is 49.3 Å². The molecule has 0 fully saturated rings. The third-order valence-corrected chi connectivity index (χ3v) is 3.09. The Morgan fingerprint density at radius 3 is 2.67 bits per heavy atom. The number of para-hydroxylation sites is 1. The van der Waals surface area contributed by atoms with Crippen molar-refractivity contribution in [2.75, 3.05) is 26.2 Å². The van der Waals surface area contributed by atoms with Crippen LogP contribution in [0.1, 0.15) is 0 Å². The highest BCUT2D eigenvalue weighted by Crippen LogP contribution is 2.23. The number of nitrogens with two attached hydrogens (primary N) is 1. The number of carbonyl (C=O) groups excluding carboxylic acids is 2. The van der Waals surface area contributed by atoms with E-state index in [2.05, 4.69) is 26.6 Å². The van der Waals surface area contributed by atoms with Gasteiger partial charge in [0.2, 0.25) is 11.8 Å². The van der Waals surface area contributed by atoms with Gasteiger partial charge in [0.25, 0.3) is 0 Å². The van der Waals surface area contributed by atoms with Gasteiger partial charge in [-0.2, -0.15) is 0 Å². The quantitative estimate of drug-likeness (QED) is 0.494. The molecule has 0 radical (unpaired) electrons. The molecule has 21 heavy (non-hydrogen) atoms. The summed E-state index contributed by atoms with van der Waals surface area (Å²) in [6.07, 6.45) is -0.855. The predicted octanol–water partition coefficient (Wildman–Crippen LogP) is -0.620. The average molecular weight is 360 g/mol. The molecule has 1 atom stereocenters. The van der Waals surface area contributed by atoms with Crippen molar-refractivity contribution >= 4 is 27.7 Å². The smallest absolute Gasteiger partial charge is 0.239 e. The fraction of sp³-hybridized carbons (Fsp3) is 0.385. The van der Waals surface area contributed by atoms with Gasteiger partial charge in [0, 0.05) is 6.54 Å². The molecule has 8 heteroatoms. The van der Waals surface area contributed by atoms with Crippen LogP contribution in [0, 0.1) is 0 Å². The van der Waals surface area contributed by atoms with Crippen LogP contribution in [0.25, 0.3) is 0 Å². The number of halogens is 1. The second-order valence-corrected chi connectivity index (χ2v) is 5.03. The van der Waals surface area contributed by atoms with E-state index < -0.39 is 17.9 Å². The van der Waals surface area contributed by atoms with Gasteiger partial charge in [0.1, 0.15) is 18.5 Å². The van der Waals surface area contributed by atoms with E-state index in [4.69, 9.17) is 10.5 Å². The summed E-state index contributed by atoms with van der Waals surface area (Å²) in [6.45, 7) is -0.274. The molecule has 0 saturated heterocycles. The molecule has 0 aliphatic heterocycles. The number of amides is 2. The zero-order valence-electron chi connectivity index (χ0n) is 11.3. The van der Waals surface area contributed by atoms with Crippen LogP contribution in [0.5, 0.6) is 5.75 Å². The maximum Gasteiger partial charge on any atom is 0.239 e. The first-order valence-electron chi connectivity index (χ1n) is 6.31. The van der Waals surface area contributed by atoms with Gasteiger partial charge in [-0.1, -0.05) is 12.1 Å². The zero-order chi connectivity index (χ0) is 15.7. The van der Waals surface area contributed by atoms with E-state index >= 15 is 0 Å². The molecular formula is C13H18BrN3O4. The normalized spacial score (nSPS) is 11.6. The minimum atomic E-state index is -0.855. The maximum atomic E-state index is 11.4. The largest absolute Gasteiger partial charge is 0.490 e. The summed E-state index contributed by atoms with van der Waals surface area (Å²) in [6, 6.07) is 7.25. The first kappa shape index (κ1) is 17.4. The van der Waals surface area contributed by atoms with E-state index in [0.29, 0.717) is 5.75 Å². The third-order valence-electron chi connectivity index (χ3n) is 2.43. The summed E-state index contributed by atoms with van der Waals surface area (Å²) in [7, 11) is 0. The monoisotopic (exact) mass is 359 g/mol. The summed E-state index contributed by atoms with van der Waals surface area (Å²) in [5.74, 6) is -0.210. The fourth-order valence-electron chi connectivity index (χ4n) is 1.35. The Morgan fingerprint density at radius 1 is 1.29 bits per heavy atom. The Morgan fingerprint density at radius 2 is 2.00 bits per heavy atom. The van der Waals surface area contributed by atoms with Gasteiger partial charge >= 0.3 is 0 Å². The Kier molecular flexibility index (Phi) is 7.73. The van der Waals surface area contributed by atoms with Gasteiger partial charge in [0.05, 0.1) is 17.6 Å². The number of carbonyl (C=O) groups is 2. The maximum absolute atomic E-state index is 11.4. The number of ether oxygens (including phenoxy) is 1. The number of hydrogen-bond acceptors (Lipinski definition) is 5. The molecule has 0 aliphatic rings. The summed E-state index contributed by atoms with van der Waals surface area (Å²) in [4.78, 5) is 22.2. The molecule has 5 N–H and O–H groups in total. The van der Waals surface area contributed by atoms with Crippen LogP contribution in [0.2, 0.25) is 0 Å². The molecule has 7 nitrogen and oxygen atoms in total. The molecule has 116 valence electrons. The van der Waals surface area contributed by atoms with E-state index in [1.807, 2.05) is 18.2 Å². The highest BCUT2D eigenvalue weighted by Gasteiger charge is 2.09. The highest BCUT2D eigenvalue weighted by molar-refractivity contribution is 9.10.